The maximum atomic E-state index is 5.51. The lowest BCUT2D eigenvalue weighted by atomic mass is 10.1. The van der Waals surface area contributed by atoms with E-state index in [1.807, 2.05) is 12.3 Å². The molecular formula is C27H30N4O2. The molecule has 2 heterocycles. The molecule has 0 saturated carbocycles. The summed E-state index contributed by atoms with van der Waals surface area (Å²) in [5, 5.41) is 8.39. The fourth-order valence-electron chi connectivity index (χ4n) is 4.40. The summed E-state index contributed by atoms with van der Waals surface area (Å²) >= 11 is 0. The van der Waals surface area contributed by atoms with Crippen LogP contribution in [0.3, 0.4) is 0 Å². The van der Waals surface area contributed by atoms with Crippen LogP contribution in [-0.2, 0) is 24.4 Å². The SMILES string of the molecule is COc1cccc(CN(Cc2ccc3cn[nH]c3c2)c2cccc(CN3CCOCC3)c2)c1. The third-order valence-electron chi connectivity index (χ3n) is 6.17. The van der Waals surface area contributed by atoms with Gasteiger partial charge in [0.25, 0.3) is 0 Å². The van der Waals surface area contributed by atoms with Gasteiger partial charge >= 0.3 is 0 Å². The van der Waals surface area contributed by atoms with E-state index >= 15 is 0 Å². The zero-order chi connectivity index (χ0) is 22.5. The van der Waals surface area contributed by atoms with E-state index in [2.05, 4.69) is 80.7 Å². The van der Waals surface area contributed by atoms with Crippen molar-refractivity contribution >= 4 is 16.6 Å². The molecule has 4 aromatic rings. The number of nitrogens with zero attached hydrogens (tertiary/aromatic N) is 3. The fraction of sp³-hybridized carbons (Fsp3) is 0.296. The Bertz CT molecular complexity index is 1200. The smallest absolute Gasteiger partial charge is 0.119 e. The minimum atomic E-state index is 0.791. The lowest BCUT2D eigenvalue weighted by molar-refractivity contribution is 0.0342. The van der Waals surface area contributed by atoms with E-state index in [9.17, 15) is 0 Å². The first-order valence-corrected chi connectivity index (χ1v) is 11.5. The van der Waals surface area contributed by atoms with Crippen molar-refractivity contribution in [1.29, 1.82) is 0 Å². The molecule has 0 bridgehead atoms. The minimum Gasteiger partial charge on any atom is -0.497 e. The molecule has 33 heavy (non-hydrogen) atoms. The number of fused-ring (bicyclic) bond motifs is 1. The first-order valence-electron chi connectivity index (χ1n) is 11.5. The third-order valence-corrected chi connectivity index (χ3v) is 6.17. The number of morpholine rings is 1. The topological polar surface area (TPSA) is 53.6 Å². The highest BCUT2D eigenvalue weighted by Gasteiger charge is 2.14. The Morgan fingerprint density at radius 1 is 0.939 bits per heavy atom. The van der Waals surface area contributed by atoms with Gasteiger partial charge in [0.1, 0.15) is 5.75 Å². The van der Waals surface area contributed by atoms with Crippen molar-refractivity contribution in [2.24, 2.45) is 0 Å². The molecule has 6 nitrogen and oxygen atoms in total. The number of aromatic amines is 1. The molecule has 1 aliphatic rings. The molecule has 0 spiro atoms. The second-order valence-corrected chi connectivity index (χ2v) is 8.56. The van der Waals surface area contributed by atoms with Gasteiger partial charge in [0, 0.05) is 43.8 Å². The Morgan fingerprint density at radius 3 is 2.58 bits per heavy atom. The van der Waals surface area contributed by atoms with E-state index in [0.717, 1.165) is 62.6 Å². The number of rotatable bonds is 8. The van der Waals surface area contributed by atoms with Crippen LogP contribution in [0, 0.1) is 0 Å². The number of aromatic nitrogens is 2. The molecule has 0 aliphatic carbocycles. The zero-order valence-corrected chi connectivity index (χ0v) is 19.0. The highest BCUT2D eigenvalue weighted by atomic mass is 16.5. The van der Waals surface area contributed by atoms with Crippen LogP contribution in [0.4, 0.5) is 5.69 Å². The van der Waals surface area contributed by atoms with Crippen molar-refractivity contribution in [3.8, 4) is 5.75 Å². The Balaban J connectivity index is 1.42. The zero-order valence-electron chi connectivity index (χ0n) is 19.0. The number of hydrogen-bond donors (Lipinski definition) is 1. The first-order chi connectivity index (χ1) is 16.3. The van der Waals surface area contributed by atoms with Crippen LogP contribution < -0.4 is 9.64 Å². The van der Waals surface area contributed by atoms with Crippen molar-refractivity contribution in [1.82, 2.24) is 15.1 Å². The molecule has 0 atom stereocenters. The minimum absolute atomic E-state index is 0.791. The summed E-state index contributed by atoms with van der Waals surface area (Å²) in [5.74, 6) is 0.882. The molecule has 1 saturated heterocycles. The van der Waals surface area contributed by atoms with Crippen molar-refractivity contribution in [2.45, 2.75) is 19.6 Å². The summed E-state index contributed by atoms with van der Waals surface area (Å²) in [6, 6.07) is 23.7. The third kappa shape index (κ3) is 5.35. The standard InChI is InChI=1S/C27H30N4O2/c1-32-26-7-3-5-22(15-26)19-31(20-23-8-9-24-17-28-29-27(24)16-23)25-6-2-4-21(14-25)18-30-10-12-33-13-11-30/h2-9,14-17H,10-13,18-20H2,1H3,(H,28,29). The predicted octanol–water partition coefficient (Wildman–Crippen LogP) is 4.61. The van der Waals surface area contributed by atoms with Crippen LogP contribution in [0.1, 0.15) is 16.7 Å². The molecular weight excluding hydrogens is 412 g/mol. The van der Waals surface area contributed by atoms with E-state index < -0.39 is 0 Å². The summed E-state index contributed by atoms with van der Waals surface area (Å²) in [7, 11) is 1.71. The van der Waals surface area contributed by atoms with Crippen molar-refractivity contribution in [3.63, 3.8) is 0 Å². The summed E-state index contributed by atoms with van der Waals surface area (Å²) in [4.78, 5) is 4.89. The van der Waals surface area contributed by atoms with Gasteiger partial charge in [-0.2, -0.15) is 5.10 Å². The van der Waals surface area contributed by atoms with Crippen LogP contribution in [0.15, 0.2) is 72.9 Å². The van der Waals surface area contributed by atoms with E-state index in [1.54, 1.807) is 7.11 Å². The summed E-state index contributed by atoms with van der Waals surface area (Å²) in [6.45, 7) is 6.15. The lowest BCUT2D eigenvalue weighted by Crippen LogP contribution is -2.35. The number of anilines is 1. The largest absolute Gasteiger partial charge is 0.497 e. The fourth-order valence-corrected chi connectivity index (χ4v) is 4.40. The summed E-state index contributed by atoms with van der Waals surface area (Å²) < 4.78 is 11.0. The molecule has 3 aromatic carbocycles. The van der Waals surface area contributed by atoms with Crippen LogP contribution in [0.5, 0.6) is 5.75 Å². The summed E-state index contributed by atoms with van der Waals surface area (Å²) in [6.07, 6.45) is 1.86. The number of H-pyrrole nitrogens is 1. The van der Waals surface area contributed by atoms with Gasteiger partial charge in [-0.15, -0.1) is 0 Å². The molecule has 170 valence electrons. The van der Waals surface area contributed by atoms with E-state index in [4.69, 9.17) is 9.47 Å². The van der Waals surface area contributed by atoms with Crippen LogP contribution in [0.2, 0.25) is 0 Å². The van der Waals surface area contributed by atoms with Gasteiger partial charge in [0.05, 0.1) is 32.0 Å². The van der Waals surface area contributed by atoms with Gasteiger partial charge in [-0.3, -0.25) is 10.00 Å². The molecule has 1 fully saturated rings. The summed E-state index contributed by atoms with van der Waals surface area (Å²) in [5.41, 5.74) is 6.07. The lowest BCUT2D eigenvalue weighted by Gasteiger charge is -2.28. The Labute approximate surface area is 194 Å². The molecule has 6 heteroatoms. The average Bonchev–Trinajstić information content (AvgIpc) is 3.33. The molecule has 0 radical (unpaired) electrons. The predicted molar refractivity (Wildman–Crippen MR) is 132 cm³/mol. The number of benzene rings is 3. The maximum Gasteiger partial charge on any atom is 0.119 e. The normalized spacial score (nSPS) is 14.5. The van der Waals surface area contributed by atoms with Gasteiger partial charge in [-0.25, -0.2) is 0 Å². The monoisotopic (exact) mass is 442 g/mol. The Morgan fingerprint density at radius 2 is 1.73 bits per heavy atom. The maximum absolute atomic E-state index is 5.51. The molecule has 1 N–H and O–H groups in total. The van der Waals surface area contributed by atoms with Crippen molar-refractivity contribution in [3.05, 3.63) is 89.6 Å². The van der Waals surface area contributed by atoms with Gasteiger partial charge in [-0.1, -0.05) is 36.4 Å². The van der Waals surface area contributed by atoms with Gasteiger partial charge in [0.2, 0.25) is 0 Å². The van der Waals surface area contributed by atoms with E-state index in [0.29, 0.717) is 0 Å². The van der Waals surface area contributed by atoms with Crippen molar-refractivity contribution in [2.75, 3.05) is 38.3 Å². The first kappa shape index (κ1) is 21.5. The van der Waals surface area contributed by atoms with Crippen LogP contribution in [0.25, 0.3) is 10.9 Å². The van der Waals surface area contributed by atoms with Gasteiger partial charge < -0.3 is 14.4 Å². The number of nitrogens with one attached hydrogen (secondary N) is 1. The number of methoxy groups -OCH3 is 1. The molecule has 1 aliphatic heterocycles. The highest BCUT2D eigenvalue weighted by molar-refractivity contribution is 5.78. The molecule has 1 aromatic heterocycles. The quantitative estimate of drug-likeness (QED) is 0.432. The highest BCUT2D eigenvalue weighted by Crippen LogP contribution is 2.25. The van der Waals surface area contributed by atoms with Crippen LogP contribution in [-0.4, -0.2) is 48.5 Å². The van der Waals surface area contributed by atoms with Crippen molar-refractivity contribution < 1.29 is 9.47 Å². The second kappa shape index (κ2) is 10.1. The molecule has 5 rings (SSSR count). The molecule has 0 amide bonds. The van der Waals surface area contributed by atoms with Crippen LogP contribution >= 0.6 is 0 Å². The average molecular weight is 443 g/mol. The van der Waals surface area contributed by atoms with E-state index in [1.165, 1.54) is 22.4 Å². The number of hydrogen-bond acceptors (Lipinski definition) is 5. The van der Waals surface area contributed by atoms with E-state index in [-0.39, 0.29) is 0 Å². The Hall–Kier alpha value is -3.35. The molecule has 0 unspecified atom stereocenters. The number of ether oxygens (including phenoxy) is 2. The second-order valence-electron chi connectivity index (χ2n) is 8.56. The Kier molecular flexibility index (Phi) is 6.56. The van der Waals surface area contributed by atoms with Gasteiger partial charge in [-0.05, 0) is 47.0 Å². The van der Waals surface area contributed by atoms with Gasteiger partial charge in [0.15, 0.2) is 0 Å².